The molecule has 1 amide bonds. The number of carbonyl (C=O) groups is 1. The van der Waals surface area contributed by atoms with Gasteiger partial charge in [0.15, 0.2) is 0 Å². The molecular weight excluding hydrogens is 264 g/mol. The molecule has 5 nitrogen and oxygen atoms in total. The first-order chi connectivity index (χ1) is 10.2. The Morgan fingerprint density at radius 3 is 2.95 bits per heavy atom. The highest BCUT2D eigenvalue weighted by Crippen LogP contribution is 2.15. The molecule has 21 heavy (non-hydrogen) atoms. The maximum Gasteiger partial charge on any atom is 0.275 e. The molecule has 3 heterocycles. The van der Waals surface area contributed by atoms with Crippen LogP contribution in [0.1, 0.15) is 28.7 Å². The van der Waals surface area contributed by atoms with Gasteiger partial charge in [0.1, 0.15) is 17.2 Å². The highest BCUT2D eigenvalue weighted by molar-refractivity contribution is 6.04. The van der Waals surface area contributed by atoms with Crippen molar-refractivity contribution in [1.82, 2.24) is 14.4 Å². The van der Waals surface area contributed by atoms with Gasteiger partial charge in [0, 0.05) is 12.4 Å². The lowest BCUT2D eigenvalue weighted by atomic mass is 10.2. The number of carbonyl (C=O) groups excluding carboxylic acids is 1. The SMILES string of the molecule is CCc1nc2ccccn2c1C(=O)Nc1cc(C)ccn1. The third-order valence-corrected chi connectivity index (χ3v) is 3.31. The summed E-state index contributed by atoms with van der Waals surface area (Å²) in [6.45, 7) is 3.95. The van der Waals surface area contributed by atoms with Crippen LogP contribution >= 0.6 is 0 Å². The molecule has 3 aromatic heterocycles. The van der Waals surface area contributed by atoms with Crippen molar-refractivity contribution < 1.29 is 4.79 Å². The van der Waals surface area contributed by atoms with Crippen LogP contribution in [-0.4, -0.2) is 20.3 Å². The lowest BCUT2D eigenvalue weighted by Crippen LogP contribution is -2.17. The van der Waals surface area contributed by atoms with Crippen molar-refractivity contribution >= 4 is 17.4 Å². The Morgan fingerprint density at radius 1 is 1.33 bits per heavy atom. The molecule has 0 aromatic carbocycles. The minimum Gasteiger partial charge on any atom is -0.305 e. The van der Waals surface area contributed by atoms with E-state index in [1.807, 2.05) is 54.8 Å². The van der Waals surface area contributed by atoms with E-state index in [0.717, 1.165) is 16.9 Å². The second-order valence-corrected chi connectivity index (χ2v) is 4.86. The molecule has 0 fully saturated rings. The van der Waals surface area contributed by atoms with Crippen LogP contribution in [0.5, 0.6) is 0 Å². The van der Waals surface area contributed by atoms with Crippen molar-refractivity contribution in [2.75, 3.05) is 5.32 Å². The molecule has 5 heteroatoms. The summed E-state index contributed by atoms with van der Waals surface area (Å²) in [4.78, 5) is 21.2. The number of aryl methyl sites for hydroxylation is 2. The lowest BCUT2D eigenvalue weighted by molar-refractivity contribution is 0.102. The van der Waals surface area contributed by atoms with Crippen LogP contribution in [0.3, 0.4) is 0 Å². The molecule has 0 saturated heterocycles. The molecular formula is C16H16N4O. The highest BCUT2D eigenvalue weighted by Gasteiger charge is 2.18. The molecule has 3 aromatic rings. The topological polar surface area (TPSA) is 59.3 Å². The van der Waals surface area contributed by atoms with E-state index in [9.17, 15) is 4.79 Å². The fraction of sp³-hybridized carbons (Fsp3) is 0.188. The zero-order valence-corrected chi connectivity index (χ0v) is 12.0. The summed E-state index contributed by atoms with van der Waals surface area (Å²) < 4.78 is 1.81. The van der Waals surface area contributed by atoms with Gasteiger partial charge >= 0.3 is 0 Å². The Bertz CT molecular complexity index is 807. The molecule has 3 rings (SSSR count). The van der Waals surface area contributed by atoms with Gasteiger partial charge in [0.05, 0.1) is 5.69 Å². The van der Waals surface area contributed by atoms with E-state index in [1.165, 1.54) is 0 Å². The normalized spacial score (nSPS) is 10.8. The minimum atomic E-state index is -0.191. The molecule has 0 aliphatic heterocycles. The van der Waals surface area contributed by atoms with Gasteiger partial charge in [0.2, 0.25) is 0 Å². The predicted octanol–water partition coefficient (Wildman–Crippen LogP) is 2.85. The van der Waals surface area contributed by atoms with Gasteiger partial charge in [-0.05, 0) is 43.2 Å². The Hall–Kier alpha value is -2.69. The molecule has 1 N–H and O–H groups in total. The maximum atomic E-state index is 12.6. The van der Waals surface area contributed by atoms with E-state index in [1.54, 1.807) is 6.20 Å². The number of nitrogens with zero attached hydrogens (tertiary/aromatic N) is 3. The van der Waals surface area contributed by atoms with Crippen LogP contribution in [0.25, 0.3) is 5.65 Å². The van der Waals surface area contributed by atoms with Crippen LogP contribution in [0, 0.1) is 6.92 Å². The van der Waals surface area contributed by atoms with Gasteiger partial charge in [-0.25, -0.2) is 9.97 Å². The molecule has 0 spiro atoms. The number of amides is 1. The first-order valence-electron chi connectivity index (χ1n) is 6.89. The summed E-state index contributed by atoms with van der Waals surface area (Å²) in [6, 6.07) is 9.41. The molecule has 0 saturated carbocycles. The number of rotatable bonds is 3. The van der Waals surface area contributed by atoms with Crippen LogP contribution in [0.15, 0.2) is 42.7 Å². The minimum absolute atomic E-state index is 0.191. The van der Waals surface area contributed by atoms with Gasteiger partial charge in [-0.1, -0.05) is 13.0 Å². The fourth-order valence-electron chi connectivity index (χ4n) is 2.31. The number of imidazole rings is 1. The van der Waals surface area contributed by atoms with Crippen LogP contribution in [0.4, 0.5) is 5.82 Å². The molecule has 0 radical (unpaired) electrons. The average molecular weight is 280 g/mol. The van der Waals surface area contributed by atoms with Crippen molar-refractivity contribution in [3.05, 3.63) is 59.7 Å². The first-order valence-corrected chi connectivity index (χ1v) is 6.89. The third kappa shape index (κ3) is 2.50. The fourth-order valence-corrected chi connectivity index (χ4v) is 2.31. The second-order valence-electron chi connectivity index (χ2n) is 4.86. The Morgan fingerprint density at radius 2 is 2.19 bits per heavy atom. The number of hydrogen-bond acceptors (Lipinski definition) is 3. The van der Waals surface area contributed by atoms with Crippen molar-refractivity contribution in [2.24, 2.45) is 0 Å². The quantitative estimate of drug-likeness (QED) is 0.802. The molecule has 0 aliphatic rings. The predicted molar refractivity (Wildman–Crippen MR) is 81.5 cm³/mol. The Kier molecular flexibility index (Phi) is 3.39. The van der Waals surface area contributed by atoms with Crippen molar-refractivity contribution in [2.45, 2.75) is 20.3 Å². The van der Waals surface area contributed by atoms with Gasteiger partial charge < -0.3 is 5.32 Å². The highest BCUT2D eigenvalue weighted by atomic mass is 16.2. The monoisotopic (exact) mass is 280 g/mol. The zero-order valence-electron chi connectivity index (χ0n) is 12.0. The van der Waals surface area contributed by atoms with Crippen molar-refractivity contribution in [1.29, 1.82) is 0 Å². The van der Waals surface area contributed by atoms with E-state index in [4.69, 9.17) is 0 Å². The van der Waals surface area contributed by atoms with Crippen LogP contribution in [0.2, 0.25) is 0 Å². The van der Waals surface area contributed by atoms with E-state index in [0.29, 0.717) is 17.9 Å². The van der Waals surface area contributed by atoms with Gasteiger partial charge in [-0.15, -0.1) is 0 Å². The lowest BCUT2D eigenvalue weighted by Gasteiger charge is -2.06. The average Bonchev–Trinajstić information content (AvgIpc) is 2.85. The summed E-state index contributed by atoms with van der Waals surface area (Å²) in [5.41, 5.74) is 3.17. The van der Waals surface area contributed by atoms with Gasteiger partial charge in [-0.2, -0.15) is 0 Å². The smallest absolute Gasteiger partial charge is 0.275 e. The van der Waals surface area contributed by atoms with Crippen LogP contribution < -0.4 is 5.32 Å². The number of hydrogen-bond donors (Lipinski definition) is 1. The van der Waals surface area contributed by atoms with E-state index >= 15 is 0 Å². The number of nitrogens with one attached hydrogen (secondary N) is 1. The first kappa shape index (κ1) is 13.3. The molecule has 0 bridgehead atoms. The second kappa shape index (κ2) is 5.36. The Labute approximate surface area is 122 Å². The van der Waals surface area contributed by atoms with E-state index in [-0.39, 0.29) is 5.91 Å². The number of anilines is 1. The number of aromatic nitrogens is 3. The summed E-state index contributed by atoms with van der Waals surface area (Å²) in [7, 11) is 0. The van der Waals surface area contributed by atoms with E-state index < -0.39 is 0 Å². The Balaban J connectivity index is 2.01. The van der Waals surface area contributed by atoms with Crippen molar-refractivity contribution in [3.63, 3.8) is 0 Å². The maximum absolute atomic E-state index is 12.6. The summed E-state index contributed by atoms with van der Waals surface area (Å²) >= 11 is 0. The largest absolute Gasteiger partial charge is 0.305 e. The number of fused-ring (bicyclic) bond motifs is 1. The van der Waals surface area contributed by atoms with E-state index in [2.05, 4.69) is 15.3 Å². The zero-order chi connectivity index (χ0) is 14.8. The standard InChI is InChI=1S/C16H16N4O/c1-3-12-15(20-9-5-4-6-14(20)18-12)16(21)19-13-10-11(2)7-8-17-13/h4-10H,3H2,1-2H3,(H,17,19,21). The molecule has 0 unspecified atom stereocenters. The summed E-state index contributed by atoms with van der Waals surface area (Å²) in [5.74, 6) is 0.358. The van der Waals surface area contributed by atoms with Gasteiger partial charge in [0.25, 0.3) is 5.91 Å². The molecule has 0 atom stereocenters. The van der Waals surface area contributed by atoms with Gasteiger partial charge in [-0.3, -0.25) is 9.20 Å². The van der Waals surface area contributed by atoms with Crippen molar-refractivity contribution in [3.8, 4) is 0 Å². The molecule has 106 valence electrons. The third-order valence-electron chi connectivity index (χ3n) is 3.31. The molecule has 0 aliphatic carbocycles. The summed E-state index contributed by atoms with van der Waals surface area (Å²) in [6.07, 6.45) is 4.23. The number of pyridine rings is 2. The summed E-state index contributed by atoms with van der Waals surface area (Å²) in [5, 5.41) is 2.84. The van der Waals surface area contributed by atoms with Crippen LogP contribution in [-0.2, 0) is 6.42 Å².